The molecule has 2 heterocycles. The first-order valence-corrected chi connectivity index (χ1v) is 12.0. The first-order chi connectivity index (χ1) is 16.8. The number of carbonyl (C=O) groups excluding carboxylic acids is 2. The van der Waals surface area contributed by atoms with E-state index in [0.29, 0.717) is 24.1 Å². The van der Waals surface area contributed by atoms with Crippen molar-refractivity contribution in [3.05, 3.63) is 59.9 Å². The number of hydrogen-bond acceptors (Lipinski definition) is 5. The van der Waals surface area contributed by atoms with Crippen molar-refractivity contribution in [2.24, 2.45) is 0 Å². The van der Waals surface area contributed by atoms with Crippen molar-refractivity contribution in [3.8, 4) is 0 Å². The predicted molar refractivity (Wildman–Crippen MR) is 130 cm³/mol. The predicted octanol–water partition coefficient (Wildman–Crippen LogP) is 3.62. The van der Waals surface area contributed by atoms with E-state index in [0.717, 1.165) is 12.8 Å². The minimum absolute atomic E-state index is 0.136. The Bertz CT molecular complexity index is 1190. The number of benzene rings is 2. The average Bonchev–Trinajstić information content (AvgIpc) is 3.50. The minimum atomic E-state index is -1.16. The summed E-state index contributed by atoms with van der Waals surface area (Å²) in [5, 5.41) is 11.3. The summed E-state index contributed by atoms with van der Waals surface area (Å²) in [5.41, 5.74) is 0.990. The van der Waals surface area contributed by atoms with Crippen molar-refractivity contribution < 1.29 is 18.7 Å². The van der Waals surface area contributed by atoms with Crippen LogP contribution in [0.1, 0.15) is 51.6 Å². The van der Waals surface area contributed by atoms with Crippen LogP contribution in [0.25, 0.3) is 11.0 Å². The molecule has 8 nitrogen and oxygen atoms in total. The van der Waals surface area contributed by atoms with Gasteiger partial charge in [0.2, 0.25) is 11.8 Å². The quantitative estimate of drug-likeness (QED) is 0.504. The molecule has 1 N–H and O–H groups in total. The normalized spacial score (nSPS) is 16.9. The molecule has 0 unspecified atom stereocenters. The second kappa shape index (κ2) is 10.5. The molecule has 0 saturated carbocycles. The molecule has 4 rings (SSSR count). The van der Waals surface area contributed by atoms with Crippen LogP contribution in [-0.2, 0) is 20.9 Å². The largest absolute Gasteiger partial charge is 0.376 e. The maximum atomic E-state index is 15.1. The van der Waals surface area contributed by atoms with Crippen LogP contribution in [0.3, 0.4) is 0 Å². The van der Waals surface area contributed by atoms with Gasteiger partial charge < -0.3 is 15.0 Å². The summed E-state index contributed by atoms with van der Waals surface area (Å²) in [6.45, 7) is 6.39. The zero-order valence-electron chi connectivity index (χ0n) is 20.4. The van der Waals surface area contributed by atoms with Gasteiger partial charge in [-0.1, -0.05) is 42.5 Å². The third kappa shape index (κ3) is 5.67. The molecule has 0 bridgehead atoms. The number of para-hydroxylation sites is 1. The highest BCUT2D eigenvalue weighted by molar-refractivity contribution is 5.89. The maximum absolute atomic E-state index is 15.1. The first kappa shape index (κ1) is 24.8. The maximum Gasteiger partial charge on any atom is 0.247 e. The van der Waals surface area contributed by atoms with Gasteiger partial charge in [0.1, 0.15) is 23.9 Å². The molecule has 1 aliphatic rings. The highest BCUT2D eigenvalue weighted by Gasteiger charge is 2.37. The summed E-state index contributed by atoms with van der Waals surface area (Å²) in [4.78, 5) is 28.9. The first-order valence-electron chi connectivity index (χ1n) is 12.0. The third-order valence-corrected chi connectivity index (χ3v) is 6.56. The van der Waals surface area contributed by atoms with Crippen molar-refractivity contribution in [3.63, 3.8) is 0 Å². The van der Waals surface area contributed by atoms with Crippen molar-refractivity contribution >= 4 is 22.8 Å². The topological polar surface area (TPSA) is 89.4 Å². The van der Waals surface area contributed by atoms with Crippen LogP contribution in [0.5, 0.6) is 0 Å². The number of amides is 2. The monoisotopic (exact) mass is 481 g/mol. The van der Waals surface area contributed by atoms with Gasteiger partial charge in [0, 0.05) is 24.3 Å². The Hall–Kier alpha value is -3.33. The summed E-state index contributed by atoms with van der Waals surface area (Å²) >= 11 is 0. The number of ether oxygens (including phenoxy) is 1. The molecule has 2 amide bonds. The second-order valence-corrected chi connectivity index (χ2v) is 9.57. The summed E-state index contributed by atoms with van der Waals surface area (Å²) in [6, 6.07) is 12.3. The number of carbonyl (C=O) groups is 2. The van der Waals surface area contributed by atoms with Gasteiger partial charge in [0.25, 0.3) is 0 Å². The van der Waals surface area contributed by atoms with E-state index in [2.05, 4.69) is 15.6 Å². The van der Waals surface area contributed by atoms with Crippen molar-refractivity contribution in [2.45, 2.75) is 64.3 Å². The van der Waals surface area contributed by atoms with E-state index in [1.807, 2.05) is 45.0 Å². The van der Waals surface area contributed by atoms with Gasteiger partial charge in [-0.05, 0) is 51.3 Å². The molecule has 1 aromatic heterocycles. The Labute approximate surface area is 204 Å². The molecule has 3 aromatic rings. The fourth-order valence-electron chi connectivity index (χ4n) is 4.25. The Morgan fingerprint density at radius 2 is 1.97 bits per heavy atom. The third-order valence-electron chi connectivity index (χ3n) is 6.56. The van der Waals surface area contributed by atoms with Crippen LogP contribution in [0.4, 0.5) is 4.39 Å². The van der Waals surface area contributed by atoms with Crippen LogP contribution < -0.4 is 5.32 Å². The highest BCUT2D eigenvalue weighted by Crippen LogP contribution is 2.28. The summed E-state index contributed by atoms with van der Waals surface area (Å²) < 4.78 is 22.4. The zero-order chi connectivity index (χ0) is 25.0. The van der Waals surface area contributed by atoms with Gasteiger partial charge in [0.05, 0.1) is 11.6 Å². The summed E-state index contributed by atoms with van der Waals surface area (Å²) in [6.07, 6.45) is 2.09. The molecule has 1 aliphatic heterocycles. The number of halogens is 1. The van der Waals surface area contributed by atoms with E-state index in [4.69, 9.17) is 4.74 Å². The van der Waals surface area contributed by atoms with E-state index >= 15 is 4.39 Å². The van der Waals surface area contributed by atoms with Crippen LogP contribution in [0, 0.1) is 5.82 Å². The number of fused-ring (bicyclic) bond motifs is 1. The smallest absolute Gasteiger partial charge is 0.247 e. The minimum Gasteiger partial charge on any atom is -0.376 e. The lowest BCUT2D eigenvalue weighted by Crippen LogP contribution is -2.52. The Kier molecular flexibility index (Phi) is 7.45. The van der Waals surface area contributed by atoms with Gasteiger partial charge in [-0.3, -0.25) is 9.59 Å². The highest BCUT2D eigenvalue weighted by atomic mass is 19.1. The van der Waals surface area contributed by atoms with Crippen molar-refractivity contribution in [2.75, 3.05) is 13.2 Å². The lowest BCUT2D eigenvalue weighted by Gasteiger charge is -2.35. The zero-order valence-corrected chi connectivity index (χ0v) is 20.4. The van der Waals surface area contributed by atoms with Crippen molar-refractivity contribution in [1.82, 2.24) is 25.2 Å². The van der Waals surface area contributed by atoms with Gasteiger partial charge in [-0.25, -0.2) is 9.07 Å². The van der Waals surface area contributed by atoms with Crippen LogP contribution in [-0.4, -0.2) is 56.5 Å². The summed E-state index contributed by atoms with van der Waals surface area (Å²) in [7, 11) is 0. The Morgan fingerprint density at radius 3 is 2.69 bits per heavy atom. The molecule has 1 fully saturated rings. The van der Waals surface area contributed by atoms with Gasteiger partial charge in [-0.2, -0.15) is 0 Å². The van der Waals surface area contributed by atoms with Crippen LogP contribution in [0.15, 0.2) is 48.5 Å². The molecule has 35 heavy (non-hydrogen) atoms. The molecule has 9 heteroatoms. The SMILES string of the molecule is CCC(C)(C)NC(=O)[C@@H](c1ccccc1F)N(C[C@@H]1CCCO1)C(=O)Cn1nnc2ccccc21. The second-order valence-electron chi connectivity index (χ2n) is 9.57. The number of aromatic nitrogens is 3. The van der Waals surface area contributed by atoms with Gasteiger partial charge >= 0.3 is 0 Å². The Morgan fingerprint density at radius 1 is 1.23 bits per heavy atom. The fourth-order valence-corrected chi connectivity index (χ4v) is 4.25. The van der Waals surface area contributed by atoms with Crippen molar-refractivity contribution in [1.29, 1.82) is 0 Å². The van der Waals surface area contributed by atoms with Crippen LogP contribution >= 0.6 is 0 Å². The molecular weight excluding hydrogens is 449 g/mol. The molecule has 186 valence electrons. The molecule has 0 spiro atoms. The average molecular weight is 482 g/mol. The molecule has 2 aromatic carbocycles. The molecule has 0 radical (unpaired) electrons. The van der Waals surface area contributed by atoms with E-state index in [-0.39, 0.29) is 30.7 Å². The lowest BCUT2D eigenvalue weighted by molar-refractivity contribution is -0.144. The number of nitrogens with one attached hydrogen (secondary N) is 1. The molecular formula is C26H32FN5O3. The summed E-state index contributed by atoms with van der Waals surface area (Å²) in [5.74, 6) is -1.34. The Balaban J connectivity index is 1.72. The number of hydrogen-bond donors (Lipinski definition) is 1. The number of nitrogens with zero attached hydrogens (tertiary/aromatic N) is 4. The van der Waals surface area contributed by atoms with E-state index in [9.17, 15) is 9.59 Å². The number of rotatable bonds is 9. The fraction of sp³-hybridized carbons (Fsp3) is 0.462. The van der Waals surface area contributed by atoms with Gasteiger partial charge in [-0.15, -0.1) is 5.10 Å². The standard InChI is InChI=1S/C26H32FN5O3/c1-4-26(2,3)28-25(34)24(19-11-5-6-12-20(19)27)31(16-18-10-9-15-35-18)23(33)17-32-22-14-8-7-13-21(22)29-30-32/h5-8,11-14,18,24H,4,9-10,15-17H2,1-3H3,(H,28,34)/t18-,24+/m0/s1. The molecule has 2 atom stereocenters. The molecule has 1 saturated heterocycles. The van der Waals surface area contributed by atoms with E-state index in [1.165, 1.54) is 15.6 Å². The van der Waals surface area contributed by atoms with Crippen LogP contribution in [0.2, 0.25) is 0 Å². The van der Waals surface area contributed by atoms with Gasteiger partial charge in [0.15, 0.2) is 0 Å². The van der Waals surface area contributed by atoms with E-state index in [1.54, 1.807) is 18.2 Å². The molecule has 0 aliphatic carbocycles. The lowest BCUT2D eigenvalue weighted by atomic mass is 9.98. The van der Waals surface area contributed by atoms with E-state index < -0.39 is 23.3 Å².